The van der Waals surface area contributed by atoms with Crippen LogP contribution in [-0.2, 0) is 0 Å². The molecule has 0 saturated heterocycles. The molecule has 0 aliphatic heterocycles. The van der Waals surface area contributed by atoms with Crippen molar-refractivity contribution in [3.8, 4) is 0 Å². The lowest BCUT2D eigenvalue weighted by Crippen LogP contribution is -2.18. The summed E-state index contributed by atoms with van der Waals surface area (Å²) < 4.78 is 28.4. The van der Waals surface area contributed by atoms with E-state index in [1.807, 2.05) is 0 Å². The molecule has 1 aromatic heterocycles. The van der Waals surface area contributed by atoms with Crippen molar-refractivity contribution in [3.63, 3.8) is 0 Å². The van der Waals surface area contributed by atoms with Gasteiger partial charge in [0.25, 0.3) is 0 Å². The standard InChI is InChI=1S/C14H11F2NO2/c1-7(18)10-6-17(8-2-3-8)13-5-12(16)11(15)4-9(13)14(10)19/h4-6,8H,2-3H2,1H3. The van der Waals surface area contributed by atoms with Gasteiger partial charge in [0.15, 0.2) is 22.8 Å². The first kappa shape index (κ1) is 12.0. The summed E-state index contributed by atoms with van der Waals surface area (Å²) in [5.74, 6) is -2.43. The molecule has 0 radical (unpaired) electrons. The van der Waals surface area contributed by atoms with E-state index < -0.39 is 17.1 Å². The number of rotatable bonds is 2. The van der Waals surface area contributed by atoms with Crippen LogP contribution in [0, 0.1) is 11.6 Å². The van der Waals surface area contributed by atoms with Crippen LogP contribution in [0.2, 0.25) is 0 Å². The lowest BCUT2D eigenvalue weighted by Gasteiger charge is -2.12. The molecule has 0 spiro atoms. The molecule has 1 saturated carbocycles. The number of hydrogen-bond acceptors (Lipinski definition) is 2. The topological polar surface area (TPSA) is 39.1 Å². The second kappa shape index (κ2) is 3.98. The predicted molar refractivity (Wildman–Crippen MR) is 66.4 cm³/mol. The quantitative estimate of drug-likeness (QED) is 0.781. The van der Waals surface area contributed by atoms with Crippen molar-refractivity contribution in [1.82, 2.24) is 4.57 Å². The van der Waals surface area contributed by atoms with Crippen LogP contribution >= 0.6 is 0 Å². The molecule has 3 rings (SSSR count). The fraction of sp³-hybridized carbons (Fsp3) is 0.286. The van der Waals surface area contributed by atoms with Gasteiger partial charge in [0.1, 0.15) is 0 Å². The van der Waals surface area contributed by atoms with Crippen LogP contribution < -0.4 is 5.43 Å². The minimum atomic E-state index is -1.08. The average molecular weight is 263 g/mol. The van der Waals surface area contributed by atoms with Crippen molar-refractivity contribution in [2.75, 3.05) is 0 Å². The number of nitrogens with zero attached hydrogens (tertiary/aromatic N) is 1. The van der Waals surface area contributed by atoms with Crippen LogP contribution in [0.3, 0.4) is 0 Å². The number of halogens is 2. The first-order chi connectivity index (χ1) is 8.99. The molecule has 1 aromatic carbocycles. The van der Waals surface area contributed by atoms with Gasteiger partial charge in [-0.05, 0) is 25.8 Å². The minimum absolute atomic E-state index is 0.0189. The van der Waals surface area contributed by atoms with Crippen LogP contribution in [0.5, 0.6) is 0 Å². The smallest absolute Gasteiger partial charge is 0.200 e. The van der Waals surface area contributed by atoms with Crippen LogP contribution in [0.15, 0.2) is 23.1 Å². The molecule has 5 heteroatoms. The zero-order valence-electron chi connectivity index (χ0n) is 10.2. The van der Waals surface area contributed by atoms with Gasteiger partial charge >= 0.3 is 0 Å². The number of fused-ring (bicyclic) bond motifs is 1. The molecule has 1 fully saturated rings. The van der Waals surface area contributed by atoms with Crippen molar-refractivity contribution in [2.45, 2.75) is 25.8 Å². The highest BCUT2D eigenvalue weighted by atomic mass is 19.2. The molecule has 2 aromatic rings. The normalized spacial score (nSPS) is 14.9. The second-order valence-corrected chi connectivity index (χ2v) is 4.85. The van der Waals surface area contributed by atoms with Crippen molar-refractivity contribution >= 4 is 16.7 Å². The van der Waals surface area contributed by atoms with Crippen molar-refractivity contribution in [3.05, 3.63) is 45.8 Å². The fourth-order valence-corrected chi connectivity index (χ4v) is 2.25. The highest BCUT2D eigenvalue weighted by Gasteiger charge is 2.26. The second-order valence-electron chi connectivity index (χ2n) is 4.85. The van der Waals surface area contributed by atoms with Gasteiger partial charge in [-0.25, -0.2) is 8.78 Å². The Morgan fingerprint density at radius 2 is 1.89 bits per heavy atom. The van der Waals surface area contributed by atoms with Crippen molar-refractivity contribution in [2.24, 2.45) is 0 Å². The number of hydrogen-bond donors (Lipinski definition) is 0. The van der Waals surface area contributed by atoms with Crippen molar-refractivity contribution in [1.29, 1.82) is 0 Å². The van der Waals surface area contributed by atoms with E-state index in [4.69, 9.17) is 0 Å². The summed E-state index contributed by atoms with van der Waals surface area (Å²) in [6.07, 6.45) is 3.28. The molecular weight excluding hydrogens is 252 g/mol. The molecule has 0 bridgehead atoms. The fourth-order valence-electron chi connectivity index (χ4n) is 2.25. The highest BCUT2D eigenvalue weighted by Crippen LogP contribution is 2.37. The molecule has 0 atom stereocenters. The molecule has 0 amide bonds. The summed E-state index contributed by atoms with van der Waals surface area (Å²) in [6.45, 7) is 1.29. The molecule has 3 nitrogen and oxygen atoms in total. The molecule has 98 valence electrons. The van der Waals surface area contributed by atoms with Gasteiger partial charge in [-0.2, -0.15) is 0 Å². The first-order valence-electron chi connectivity index (χ1n) is 6.04. The molecule has 1 heterocycles. The first-order valence-corrected chi connectivity index (χ1v) is 6.04. The summed E-state index contributed by atoms with van der Waals surface area (Å²) in [5, 5.41) is 0.0542. The maximum absolute atomic E-state index is 13.3. The van der Waals surface area contributed by atoms with Gasteiger partial charge in [0.2, 0.25) is 0 Å². The maximum Gasteiger partial charge on any atom is 0.200 e. The Morgan fingerprint density at radius 3 is 2.47 bits per heavy atom. The summed E-state index contributed by atoms with van der Waals surface area (Å²) in [5.41, 5.74) is -0.180. The van der Waals surface area contributed by atoms with Crippen LogP contribution in [0.25, 0.3) is 10.9 Å². The molecular formula is C14H11F2NO2. The van der Waals surface area contributed by atoms with E-state index in [0.717, 1.165) is 25.0 Å². The Morgan fingerprint density at radius 1 is 1.26 bits per heavy atom. The zero-order chi connectivity index (χ0) is 13.7. The number of Topliss-reactive ketones (excluding diaryl/α,β-unsaturated/α-hetero) is 1. The number of pyridine rings is 1. The van der Waals surface area contributed by atoms with Gasteiger partial charge in [-0.3, -0.25) is 9.59 Å². The number of aromatic nitrogens is 1. The number of ketones is 1. The Hall–Kier alpha value is -2.04. The third-order valence-corrected chi connectivity index (χ3v) is 3.39. The largest absolute Gasteiger partial charge is 0.343 e. The Labute approximate surface area is 107 Å². The molecule has 1 aliphatic carbocycles. The van der Waals surface area contributed by atoms with E-state index in [1.54, 1.807) is 4.57 Å². The monoisotopic (exact) mass is 263 g/mol. The molecule has 19 heavy (non-hydrogen) atoms. The maximum atomic E-state index is 13.3. The summed E-state index contributed by atoms with van der Waals surface area (Å²) in [6, 6.07) is 2.05. The van der Waals surface area contributed by atoms with Crippen LogP contribution in [0.1, 0.15) is 36.2 Å². The SMILES string of the molecule is CC(=O)c1cn(C2CC2)c2cc(F)c(F)cc2c1=O. The van der Waals surface area contributed by atoms with E-state index in [9.17, 15) is 18.4 Å². The van der Waals surface area contributed by atoms with Crippen LogP contribution in [0.4, 0.5) is 8.78 Å². The Bertz CT molecular complexity index is 760. The minimum Gasteiger partial charge on any atom is -0.343 e. The molecule has 0 N–H and O–H groups in total. The number of carbonyl (C=O) groups is 1. The summed E-state index contributed by atoms with van der Waals surface area (Å²) >= 11 is 0. The Kier molecular flexibility index (Phi) is 2.52. The molecule has 0 unspecified atom stereocenters. The lowest BCUT2D eigenvalue weighted by molar-refractivity contribution is 0.101. The van der Waals surface area contributed by atoms with Gasteiger partial charge in [0, 0.05) is 23.7 Å². The molecule has 1 aliphatic rings. The Balaban J connectivity index is 2.45. The lowest BCUT2D eigenvalue weighted by atomic mass is 10.1. The third-order valence-electron chi connectivity index (χ3n) is 3.39. The highest BCUT2D eigenvalue weighted by molar-refractivity contribution is 5.97. The number of benzene rings is 1. The van der Waals surface area contributed by atoms with Crippen molar-refractivity contribution < 1.29 is 13.6 Å². The van der Waals surface area contributed by atoms with E-state index in [0.29, 0.717) is 5.52 Å². The zero-order valence-corrected chi connectivity index (χ0v) is 10.2. The predicted octanol–water partition coefficient (Wildman–Crippen LogP) is 2.82. The van der Waals surface area contributed by atoms with E-state index in [-0.39, 0.29) is 22.8 Å². The van der Waals surface area contributed by atoms with Gasteiger partial charge in [0.05, 0.1) is 11.1 Å². The van der Waals surface area contributed by atoms with Gasteiger partial charge in [-0.1, -0.05) is 0 Å². The third kappa shape index (κ3) is 1.85. The number of carbonyl (C=O) groups excluding carboxylic acids is 1. The average Bonchev–Trinajstić information content (AvgIpc) is 3.16. The van der Waals surface area contributed by atoms with Gasteiger partial charge in [-0.15, -0.1) is 0 Å². The van der Waals surface area contributed by atoms with E-state index in [2.05, 4.69) is 0 Å². The van der Waals surface area contributed by atoms with Gasteiger partial charge < -0.3 is 4.57 Å². The van der Waals surface area contributed by atoms with E-state index in [1.165, 1.54) is 13.1 Å². The summed E-state index contributed by atoms with van der Waals surface area (Å²) in [4.78, 5) is 23.6. The van der Waals surface area contributed by atoms with Crippen LogP contribution in [-0.4, -0.2) is 10.4 Å². The van der Waals surface area contributed by atoms with E-state index >= 15 is 0 Å². The summed E-state index contributed by atoms with van der Waals surface area (Å²) in [7, 11) is 0.